The van der Waals surface area contributed by atoms with Crippen molar-refractivity contribution < 1.29 is 17.2 Å². The van der Waals surface area contributed by atoms with Gasteiger partial charge in [-0.25, -0.2) is 17.2 Å². The Kier molecular flexibility index (Phi) is 4.47. The Morgan fingerprint density at radius 3 is 2.30 bits per heavy atom. The fourth-order valence-electron chi connectivity index (χ4n) is 4.36. The second-order valence-corrected chi connectivity index (χ2v) is 9.44. The first kappa shape index (κ1) is 18.4. The van der Waals surface area contributed by atoms with E-state index < -0.39 is 21.5 Å². The zero-order chi connectivity index (χ0) is 19.3. The number of rotatable bonds is 2. The Morgan fingerprint density at radius 1 is 0.926 bits per heavy atom. The van der Waals surface area contributed by atoms with Gasteiger partial charge >= 0.3 is 0 Å². The molecule has 2 atom stereocenters. The van der Waals surface area contributed by atoms with Crippen molar-refractivity contribution >= 4 is 15.5 Å². The van der Waals surface area contributed by atoms with Crippen LogP contribution in [-0.4, -0.2) is 46.5 Å². The summed E-state index contributed by atoms with van der Waals surface area (Å²) in [5.74, 6) is -1.54. The minimum absolute atomic E-state index is 0.0814. The molecular formula is C20H22F2N2O2S. The van der Waals surface area contributed by atoms with Crippen LogP contribution in [0.3, 0.4) is 0 Å². The molecule has 1 saturated heterocycles. The fraction of sp³-hybridized carbons (Fsp3) is 0.400. The van der Waals surface area contributed by atoms with Crippen molar-refractivity contribution in [3.63, 3.8) is 0 Å². The molecule has 2 aliphatic rings. The van der Waals surface area contributed by atoms with E-state index in [1.807, 2.05) is 13.1 Å². The quantitative estimate of drug-likeness (QED) is 0.785. The molecule has 4 rings (SSSR count). The number of anilines is 1. The molecule has 0 aliphatic carbocycles. The van der Waals surface area contributed by atoms with Gasteiger partial charge in [0.2, 0.25) is 9.84 Å². The van der Waals surface area contributed by atoms with E-state index in [4.69, 9.17) is 0 Å². The van der Waals surface area contributed by atoms with E-state index in [2.05, 4.69) is 16.8 Å². The van der Waals surface area contributed by atoms with Gasteiger partial charge in [-0.15, -0.1) is 0 Å². The topological polar surface area (TPSA) is 40.6 Å². The number of hydrogen-bond acceptors (Lipinski definition) is 4. The summed E-state index contributed by atoms with van der Waals surface area (Å²) in [5.41, 5.74) is 2.05. The lowest BCUT2D eigenvalue weighted by atomic mass is 9.91. The molecule has 7 heteroatoms. The number of halogens is 2. The lowest BCUT2D eigenvalue weighted by Crippen LogP contribution is -2.31. The first-order chi connectivity index (χ1) is 12.8. The highest BCUT2D eigenvalue weighted by atomic mass is 32.2. The van der Waals surface area contributed by atoms with E-state index in [0.717, 1.165) is 49.3 Å². The van der Waals surface area contributed by atoms with Gasteiger partial charge in [0.25, 0.3) is 0 Å². The molecule has 2 aromatic rings. The van der Waals surface area contributed by atoms with Crippen LogP contribution >= 0.6 is 0 Å². The van der Waals surface area contributed by atoms with E-state index in [1.54, 1.807) is 6.07 Å². The summed E-state index contributed by atoms with van der Waals surface area (Å²) in [7, 11) is 0.155. The van der Waals surface area contributed by atoms with Gasteiger partial charge in [-0.2, -0.15) is 0 Å². The second kappa shape index (κ2) is 6.56. The van der Waals surface area contributed by atoms with Gasteiger partial charge in [0, 0.05) is 30.8 Å². The Morgan fingerprint density at radius 2 is 1.59 bits per heavy atom. The summed E-state index contributed by atoms with van der Waals surface area (Å²) < 4.78 is 53.0. The minimum atomic E-state index is -3.99. The Bertz CT molecular complexity index is 973. The molecule has 2 heterocycles. The van der Waals surface area contributed by atoms with Gasteiger partial charge < -0.3 is 9.80 Å². The van der Waals surface area contributed by atoms with Crippen molar-refractivity contribution in [2.45, 2.75) is 34.6 Å². The molecule has 27 heavy (non-hydrogen) atoms. The molecule has 2 aliphatic heterocycles. The van der Waals surface area contributed by atoms with Crippen molar-refractivity contribution in [3.8, 4) is 0 Å². The maximum atomic E-state index is 13.5. The highest BCUT2D eigenvalue weighted by Crippen LogP contribution is 2.45. The molecule has 0 spiro atoms. The highest BCUT2D eigenvalue weighted by molar-refractivity contribution is 7.91. The van der Waals surface area contributed by atoms with Gasteiger partial charge in [0.15, 0.2) is 0 Å². The SMILES string of the molecule is CN1CC[C@@H]2c3cc(S(=O)(=O)c4cc(F)cc(F)c4)ccc3N(C)[C@H]2CC1. The van der Waals surface area contributed by atoms with Crippen molar-refractivity contribution in [2.75, 3.05) is 32.1 Å². The molecule has 2 aromatic carbocycles. The van der Waals surface area contributed by atoms with Gasteiger partial charge in [-0.05, 0) is 68.9 Å². The number of nitrogens with zero attached hydrogens (tertiary/aromatic N) is 2. The molecule has 0 aromatic heterocycles. The van der Waals surface area contributed by atoms with Crippen molar-refractivity contribution in [3.05, 3.63) is 53.6 Å². The first-order valence-electron chi connectivity index (χ1n) is 9.04. The van der Waals surface area contributed by atoms with Crippen molar-refractivity contribution in [1.82, 2.24) is 4.90 Å². The van der Waals surface area contributed by atoms with E-state index >= 15 is 0 Å². The molecule has 0 N–H and O–H groups in total. The highest BCUT2D eigenvalue weighted by Gasteiger charge is 2.38. The summed E-state index contributed by atoms with van der Waals surface area (Å²) in [6.45, 7) is 1.97. The molecule has 144 valence electrons. The molecule has 1 fully saturated rings. The minimum Gasteiger partial charge on any atom is -0.371 e. The maximum Gasteiger partial charge on any atom is 0.206 e. The lowest BCUT2D eigenvalue weighted by Gasteiger charge is -2.25. The molecule has 0 bridgehead atoms. The fourth-order valence-corrected chi connectivity index (χ4v) is 5.70. The predicted molar refractivity (Wildman–Crippen MR) is 99.9 cm³/mol. The number of likely N-dealkylation sites (tertiary alicyclic amines) is 1. The zero-order valence-electron chi connectivity index (χ0n) is 15.3. The smallest absolute Gasteiger partial charge is 0.206 e. The van der Waals surface area contributed by atoms with Crippen LogP contribution in [0.25, 0.3) is 0 Å². The third-order valence-electron chi connectivity index (χ3n) is 5.83. The largest absolute Gasteiger partial charge is 0.371 e. The number of hydrogen-bond donors (Lipinski definition) is 0. The van der Waals surface area contributed by atoms with Crippen molar-refractivity contribution in [2.24, 2.45) is 0 Å². The predicted octanol–water partition coefficient (Wildman–Crippen LogP) is 3.43. The van der Waals surface area contributed by atoms with Gasteiger partial charge in [0.1, 0.15) is 11.6 Å². The van der Waals surface area contributed by atoms with Crippen LogP contribution in [0.5, 0.6) is 0 Å². The van der Waals surface area contributed by atoms with Crippen LogP contribution in [0, 0.1) is 11.6 Å². The number of sulfone groups is 1. The van der Waals surface area contributed by atoms with E-state index in [0.29, 0.717) is 12.1 Å². The van der Waals surface area contributed by atoms with Crippen LogP contribution in [0.15, 0.2) is 46.2 Å². The normalized spacial score (nSPS) is 23.0. The van der Waals surface area contributed by atoms with Gasteiger partial charge in [-0.1, -0.05) is 0 Å². The Hall–Kier alpha value is -1.99. The lowest BCUT2D eigenvalue weighted by molar-refractivity contribution is 0.345. The standard InChI is InChI=1S/C20H22F2N2O2S/c1-23-7-5-17-18-12-15(3-4-19(18)24(2)20(17)6-8-23)27(25,26)16-10-13(21)9-14(22)11-16/h3-4,9-12,17,20H,5-8H2,1-2H3/t17-,20+/m1/s1. The summed E-state index contributed by atoms with van der Waals surface area (Å²) >= 11 is 0. The van der Waals surface area contributed by atoms with E-state index in [9.17, 15) is 17.2 Å². The Labute approximate surface area is 158 Å². The molecule has 0 saturated carbocycles. The number of fused-ring (bicyclic) bond motifs is 3. The summed E-state index contributed by atoms with van der Waals surface area (Å²) in [4.78, 5) is 4.25. The summed E-state index contributed by atoms with van der Waals surface area (Å²) in [5, 5.41) is 0. The molecule has 0 radical (unpaired) electrons. The average Bonchev–Trinajstić information content (AvgIpc) is 2.75. The maximum absolute atomic E-state index is 13.5. The van der Waals surface area contributed by atoms with Gasteiger partial charge in [-0.3, -0.25) is 0 Å². The van der Waals surface area contributed by atoms with Crippen LogP contribution in [0.4, 0.5) is 14.5 Å². The average molecular weight is 392 g/mol. The zero-order valence-corrected chi connectivity index (χ0v) is 16.1. The third kappa shape index (κ3) is 3.12. The summed E-state index contributed by atoms with van der Waals surface area (Å²) in [6.07, 6.45) is 1.97. The third-order valence-corrected chi connectivity index (χ3v) is 7.56. The van der Waals surface area contributed by atoms with Crippen LogP contribution in [0.2, 0.25) is 0 Å². The van der Waals surface area contributed by atoms with Crippen LogP contribution in [-0.2, 0) is 9.84 Å². The molecule has 4 nitrogen and oxygen atoms in total. The van der Waals surface area contributed by atoms with Crippen LogP contribution in [0.1, 0.15) is 24.3 Å². The molecule has 0 unspecified atom stereocenters. The summed E-state index contributed by atoms with van der Waals surface area (Å²) in [6, 6.07) is 7.78. The van der Waals surface area contributed by atoms with Gasteiger partial charge in [0.05, 0.1) is 9.79 Å². The first-order valence-corrected chi connectivity index (χ1v) is 10.5. The monoisotopic (exact) mass is 392 g/mol. The molecular weight excluding hydrogens is 370 g/mol. The molecule has 0 amide bonds. The van der Waals surface area contributed by atoms with E-state index in [-0.39, 0.29) is 15.7 Å². The van der Waals surface area contributed by atoms with Crippen molar-refractivity contribution in [1.29, 1.82) is 0 Å². The van der Waals surface area contributed by atoms with Crippen LogP contribution < -0.4 is 4.90 Å². The Balaban J connectivity index is 1.77. The van der Waals surface area contributed by atoms with E-state index in [1.165, 1.54) is 6.07 Å². The second-order valence-electron chi connectivity index (χ2n) is 7.49. The number of likely N-dealkylation sites (N-methyl/N-ethyl adjacent to an activating group) is 1. The number of benzene rings is 2.